The lowest BCUT2D eigenvalue weighted by Gasteiger charge is -2.18. The van der Waals surface area contributed by atoms with Crippen molar-refractivity contribution in [1.82, 2.24) is 0 Å². The van der Waals surface area contributed by atoms with Crippen molar-refractivity contribution in [3.05, 3.63) is 112 Å². The molecule has 0 aromatic heterocycles. The molecule has 3 aromatic carbocycles. The Morgan fingerprint density at radius 3 is 1.84 bits per heavy atom. The fourth-order valence-electron chi connectivity index (χ4n) is 3.65. The summed E-state index contributed by atoms with van der Waals surface area (Å²) in [6, 6.07) is 26.0. The van der Waals surface area contributed by atoms with Gasteiger partial charge in [0.15, 0.2) is 0 Å². The van der Waals surface area contributed by atoms with E-state index in [1.165, 1.54) is 39.0 Å². The van der Waals surface area contributed by atoms with Gasteiger partial charge in [-0.1, -0.05) is 91.4 Å². The van der Waals surface area contributed by atoms with Crippen molar-refractivity contribution in [2.75, 3.05) is 0 Å². The molecule has 0 aliphatic rings. The smallest absolute Gasteiger partial charge is 0.000102 e. The highest BCUT2D eigenvalue weighted by atomic mass is 14.2. The normalized spacial score (nSPS) is 12.9. The summed E-state index contributed by atoms with van der Waals surface area (Å²) in [4.78, 5) is 0. The Hall–Kier alpha value is -2.60. The summed E-state index contributed by atoms with van der Waals surface area (Å²) in [5.74, 6) is 0.358. The predicted octanol–water partition coefficient (Wildman–Crippen LogP) is 6.85. The molecule has 0 saturated carbocycles. The molecule has 3 rings (SSSR count). The minimum Gasteiger partial charge on any atom is -0.0688 e. The zero-order valence-electron chi connectivity index (χ0n) is 15.6. The number of allylic oxidation sites excluding steroid dienone is 1. The third kappa shape index (κ3) is 3.91. The summed E-state index contributed by atoms with van der Waals surface area (Å²) in [6.45, 7) is 8.89. The maximum Gasteiger partial charge on any atom is -0.000102 e. The van der Waals surface area contributed by atoms with E-state index in [-0.39, 0.29) is 0 Å². The van der Waals surface area contributed by atoms with Gasteiger partial charge in [-0.15, -0.1) is 0 Å². The maximum atomic E-state index is 2.41. The highest BCUT2D eigenvalue weighted by Crippen LogP contribution is 2.33. The first kappa shape index (κ1) is 17.2. The molecule has 0 nitrogen and oxygen atoms in total. The summed E-state index contributed by atoms with van der Waals surface area (Å²) in [6.07, 6.45) is 2.41. The molecule has 0 amide bonds. The van der Waals surface area contributed by atoms with Crippen LogP contribution in [-0.4, -0.2) is 0 Å². The van der Waals surface area contributed by atoms with E-state index in [9.17, 15) is 0 Å². The molecule has 0 radical (unpaired) electrons. The first-order chi connectivity index (χ1) is 12.1. The van der Waals surface area contributed by atoms with Crippen LogP contribution in [0.2, 0.25) is 0 Å². The monoisotopic (exact) mass is 326 g/mol. The lowest BCUT2D eigenvalue weighted by atomic mass is 9.86. The van der Waals surface area contributed by atoms with Crippen LogP contribution in [0.15, 0.2) is 78.9 Å². The van der Waals surface area contributed by atoms with E-state index in [1.54, 1.807) is 0 Å². The summed E-state index contributed by atoms with van der Waals surface area (Å²) in [5, 5.41) is 0. The van der Waals surface area contributed by atoms with Crippen molar-refractivity contribution >= 4 is 5.57 Å². The second kappa shape index (κ2) is 7.53. The highest BCUT2D eigenvalue weighted by molar-refractivity contribution is 5.83. The molecule has 25 heavy (non-hydrogen) atoms. The molecule has 1 unspecified atom stereocenters. The van der Waals surface area contributed by atoms with E-state index in [1.807, 2.05) is 0 Å². The fourth-order valence-corrected chi connectivity index (χ4v) is 3.65. The average molecular weight is 326 g/mol. The molecule has 0 N–H and O–H groups in total. The Kier molecular flexibility index (Phi) is 5.19. The van der Waals surface area contributed by atoms with Crippen LogP contribution in [0.1, 0.15) is 46.2 Å². The van der Waals surface area contributed by atoms with Gasteiger partial charge in [0.1, 0.15) is 0 Å². The van der Waals surface area contributed by atoms with Gasteiger partial charge >= 0.3 is 0 Å². The molecule has 1 atom stereocenters. The van der Waals surface area contributed by atoms with Crippen molar-refractivity contribution in [3.8, 4) is 0 Å². The van der Waals surface area contributed by atoms with Crippen LogP contribution < -0.4 is 0 Å². The van der Waals surface area contributed by atoms with E-state index in [4.69, 9.17) is 0 Å². The Bertz CT molecular complexity index is 847. The molecule has 0 aliphatic heterocycles. The number of hydrogen-bond acceptors (Lipinski definition) is 0. The molecule has 0 heterocycles. The summed E-state index contributed by atoms with van der Waals surface area (Å²) in [7, 11) is 0. The second-order valence-electron chi connectivity index (χ2n) is 6.92. The number of hydrogen-bond donors (Lipinski definition) is 0. The quantitative estimate of drug-likeness (QED) is 0.492. The van der Waals surface area contributed by atoms with Gasteiger partial charge in [-0.3, -0.25) is 0 Å². The number of benzene rings is 3. The maximum absolute atomic E-state index is 2.41. The Labute approximate surface area is 151 Å². The first-order valence-corrected chi connectivity index (χ1v) is 8.96. The van der Waals surface area contributed by atoms with E-state index < -0.39 is 0 Å². The molecular formula is C25H26. The minimum atomic E-state index is 0.358. The van der Waals surface area contributed by atoms with Gasteiger partial charge in [-0.2, -0.15) is 0 Å². The van der Waals surface area contributed by atoms with Crippen molar-refractivity contribution in [3.63, 3.8) is 0 Å². The average Bonchev–Trinajstić information content (AvgIpc) is 2.61. The molecule has 0 aliphatic carbocycles. The van der Waals surface area contributed by atoms with E-state index in [0.29, 0.717) is 5.92 Å². The van der Waals surface area contributed by atoms with E-state index in [0.717, 1.165) is 0 Å². The third-order valence-corrected chi connectivity index (χ3v) is 4.77. The van der Waals surface area contributed by atoms with E-state index >= 15 is 0 Å². The van der Waals surface area contributed by atoms with Gasteiger partial charge in [0.25, 0.3) is 0 Å². The molecule has 0 bridgehead atoms. The van der Waals surface area contributed by atoms with Crippen LogP contribution in [0, 0.1) is 20.8 Å². The second-order valence-corrected chi connectivity index (χ2v) is 6.92. The number of aryl methyl sites for hydroxylation is 3. The molecule has 0 saturated heterocycles. The highest BCUT2D eigenvalue weighted by Gasteiger charge is 2.13. The molecular weight excluding hydrogens is 300 g/mol. The number of rotatable bonds is 4. The SMILES string of the molecule is Cc1cc(C)c(/C(=C/C(C)c2ccccc2)c2ccccc2)c(C)c1. The van der Waals surface area contributed by atoms with E-state index in [2.05, 4.69) is 107 Å². The Balaban J connectivity index is 2.17. The predicted molar refractivity (Wildman–Crippen MR) is 109 cm³/mol. The van der Waals surface area contributed by atoms with Gasteiger partial charge in [-0.05, 0) is 60.1 Å². The lowest BCUT2D eigenvalue weighted by molar-refractivity contribution is 0.968. The molecule has 0 heteroatoms. The van der Waals surface area contributed by atoms with Crippen LogP contribution in [0.3, 0.4) is 0 Å². The van der Waals surface area contributed by atoms with Gasteiger partial charge < -0.3 is 0 Å². The van der Waals surface area contributed by atoms with Gasteiger partial charge in [0.2, 0.25) is 0 Å². The van der Waals surface area contributed by atoms with Gasteiger partial charge in [-0.25, -0.2) is 0 Å². The van der Waals surface area contributed by atoms with Crippen LogP contribution in [0.25, 0.3) is 5.57 Å². The van der Waals surface area contributed by atoms with Crippen LogP contribution in [0.5, 0.6) is 0 Å². The molecule has 3 aromatic rings. The minimum absolute atomic E-state index is 0.358. The van der Waals surface area contributed by atoms with Crippen molar-refractivity contribution < 1.29 is 0 Å². The standard InChI is InChI=1S/C25H26/c1-18-15-20(3)25(21(4)16-18)24(23-13-9-6-10-14-23)17-19(2)22-11-7-5-8-12-22/h5-17,19H,1-4H3/b24-17+. The van der Waals surface area contributed by atoms with Crippen LogP contribution in [0.4, 0.5) is 0 Å². The molecule has 0 fully saturated rings. The van der Waals surface area contributed by atoms with Crippen molar-refractivity contribution in [2.24, 2.45) is 0 Å². The Morgan fingerprint density at radius 2 is 1.28 bits per heavy atom. The zero-order valence-corrected chi connectivity index (χ0v) is 15.6. The summed E-state index contributed by atoms with van der Waals surface area (Å²) in [5.41, 5.74) is 9.31. The largest absolute Gasteiger partial charge is 0.0688 e. The molecule has 126 valence electrons. The summed E-state index contributed by atoms with van der Waals surface area (Å²) < 4.78 is 0. The molecule has 0 spiro atoms. The van der Waals surface area contributed by atoms with Crippen molar-refractivity contribution in [1.29, 1.82) is 0 Å². The first-order valence-electron chi connectivity index (χ1n) is 8.96. The summed E-state index contributed by atoms with van der Waals surface area (Å²) >= 11 is 0. The van der Waals surface area contributed by atoms with Crippen molar-refractivity contribution in [2.45, 2.75) is 33.6 Å². The fraction of sp³-hybridized carbons (Fsp3) is 0.200. The topological polar surface area (TPSA) is 0 Å². The third-order valence-electron chi connectivity index (χ3n) is 4.77. The van der Waals surface area contributed by atoms with Gasteiger partial charge in [0.05, 0.1) is 0 Å². The zero-order chi connectivity index (χ0) is 17.8. The van der Waals surface area contributed by atoms with Crippen LogP contribution in [-0.2, 0) is 0 Å². The lowest BCUT2D eigenvalue weighted by Crippen LogP contribution is -1.99. The van der Waals surface area contributed by atoms with Gasteiger partial charge in [0, 0.05) is 0 Å². The van der Waals surface area contributed by atoms with Crippen LogP contribution >= 0.6 is 0 Å². The Morgan fingerprint density at radius 1 is 0.760 bits per heavy atom.